The third-order valence-electron chi connectivity index (χ3n) is 2.88. The largest absolute Gasteiger partial charge is 0.271 e. The molecule has 0 aliphatic heterocycles. The molecule has 0 fully saturated rings. The number of aryl methyl sites for hydroxylation is 2. The molecule has 1 heterocycles. The Hall–Kier alpha value is -1.23. The first-order valence-corrected chi connectivity index (χ1v) is 6.27. The molecule has 1 aromatic heterocycles. The summed E-state index contributed by atoms with van der Waals surface area (Å²) < 4.78 is 13.3. The molecule has 0 spiro atoms. The third kappa shape index (κ3) is 2.39. The van der Waals surface area contributed by atoms with Gasteiger partial charge in [-0.15, -0.1) is 11.3 Å². The Balaban J connectivity index is 2.49. The van der Waals surface area contributed by atoms with Crippen molar-refractivity contribution in [1.82, 2.24) is 5.43 Å². The van der Waals surface area contributed by atoms with E-state index in [1.54, 1.807) is 23.5 Å². The van der Waals surface area contributed by atoms with E-state index in [-0.39, 0.29) is 11.9 Å². The highest BCUT2D eigenvalue weighted by Gasteiger charge is 2.18. The molecule has 3 N–H and O–H groups in total. The topological polar surface area (TPSA) is 38.0 Å². The summed E-state index contributed by atoms with van der Waals surface area (Å²) in [5.74, 6) is 5.38. The SMILES string of the molecule is Cc1ccc(F)cc1C(NN)c1sccc1C. The zero-order chi connectivity index (χ0) is 12.4. The van der Waals surface area contributed by atoms with Crippen LogP contribution in [0.25, 0.3) is 0 Å². The highest BCUT2D eigenvalue weighted by atomic mass is 32.1. The standard InChI is InChI=1S/C13H15FN2S/c1-8-3-4-10(14)7-11(8)12(16-15)13-9(2)5-6-17-13/h3-7,12,16H,15H2,1-2H3. The monoisotopic (exact) mass is 250 g/mol. The molecular formula is C13H15FN2S. The number of nitrogens with two attached hydrogens (primary N) is 1. The molecule has 0 amide bonds. The van der Waals surface area contributed by atoms with Crippen LogP contribution in [0.5, 0.6) is 0 Å². The molecule has 0 bridgehead atoms. The van der Waals surface area contributed by atoms with Crippen LogP contribution < -0.4 is 11.3 Å². The maximum Gasteiger partial charge on any atom is 0.123 e. The van der Waals surface area contributed by atoms with Crippen LogP contribution in [0.15, 0.2) is 29.6 Å². The molecule has 2 rings (SSSR count). The second-order valence-corrected chi connectivity index (χ2v) is 5.02. The van der Waals surface area contributed by atoms with Crippen LogP contribution in [0, 0.1) is 19.7 Å². The highest BCUT2D eigenvalue weighted by Crippen LogP contribution is 2.30. The van der Waals surface area contributed by atoms with Gasteiger partial charge in [-0.05, 0) is 54.1 Å². The van der Waals surface area contributed by atoms with Crippen molar-refractivity contribution in [2.45, 2.75) is 19.9 Å². The number of halogens is 1. The molecule has 1 unspecified atom stereocenters. The number of benzene rings is 1. The molecule has 0 radical (unpaired) electrons. The fraction of sp³-hybridized carbons (Fsp3) is 0.231. The summed E-state index contributed by atoms with van der Waals surface area (Å²) in [5.41, 5.74) is 5.86. The first kappa shape index (κ1) is 12.2. The molecule has 2 aromatic rings. The fourth-order valence-electron chi connectivity index (χ4n) is 1.91. The average molecular weight is 250 g/mol. The molecule has 4 heteroatoms. The van der Waals surface area contributed by atoms with Gasteiger partial charge in [0.1, 0.15) is 5.82 Å². The number of hydrazine groups is 1. The van der Waals surface area contributed by atoms with Gasteiger partial charge in [-0.1, -0.05) is 6.07 Å². The molecule has 90 valence electrons. The van der Waals surface area contributed by atoms with E-state index in [1.807, 2.05) is 25.3 Å². The van der Waals surface area contributed by atoms with Gasteiger partial charge in [0.2, 0.25) is 0 Å². The lowest BCUT2D eigenvalue weighted by Crippen LogP contribution is -2.29. The molecular weight excluding hydrogens is 235 g/mol. The molecule has 2 nitrogen and oxygen atoms in total. The van der Waals surface area contributed by atoms with Crippen molar-refractivity contribution in [3.63, 3.8) is 0 Å². The number of thiophene rings is 1. The number of hydrogen-bond donors (Lipinski definition) is 2. The minimum Gasteiger partial charge on any atom is -0.271 e. The number of rotatable bonds is 3. The Bertz CT molecular complexity index is 522. The summed E-state index contributed by atoms with van der Waals surface area (Å²) in [6, 6.07) is 6.68. The minimum absolute atomic E-state index is 0.148. The van der Waals surface area contributed by atoms with Crippen molar-refractivity contribution in [2.24, 2.45) is 5.84 Å². The van der Waals surface area contributed by atoms with Crippen molar-refractivity contribution in [3.8, 4) is 0 Å². The predicted octanol–water partition coefficient (Wildman–Crippen LogP) is 3.06. The predicted molar refractivity (Wildman–Crippen MR) is 69.4 cm³/mol. The van der Waals surface area contributed by atoms with Crippen LogP contribution in [0.2, 0.25) is 0 Å². The number of nitrogens with one attached hydrogen (secondary N) is 1. The lowest BCUT2D eigenvalue weighted by molar-refractivity contribution is 0.605. The summed E-state index contributed by atoms with van der Waals surface area (Å²) in [6.07, 6.45) is 0. The first-order chi connectivity index (χ1) is 8.13. The van der Waals surface area contributed by atoms with Gasteiger partial charge in [0.25, 0.3) is 0 Å². The van der Waals surface area contributed by atoms with Crippen LogP contribution in [-0.4, -0.2) is 0 Å². The lowest BCUT2D eigenvalue weighted by atomic mass is 9.99. The Kier molecular flexibility index (Phi) is 3.57. The Morgan fingerprint density at radius 2 is 2.00 bits per heavy atom. The molecule has 1 aromatic carbocycles. The zero-order valence-electron chi connectivity index (χ0n) is 9.83. The van der Waals surface area contributed by atoms with Gasteiger partial charge in [0.15, 0.2) is 0 Å². The van der Waals surface area contributed by atoms with Gasteiger partial charge in [0.05, 0.1) is 6.04 Å². The van der Waals surface area contributed by atoms with E-state index < -0.39 is 0 Å². The van der Waals surface area contributed by atoms with Crippen LogP contribution >= 0.6 is 11.3 Å². The van der Waals surface area contributed by atoms with E-state index in [0.717, 1.165) is 16.0 Å². The van der Waals surface area contributed by atoms with Crippen molar-refractivity contribution >= 4 is 11.3 Å². The molecule has 0 aliphatic rings. The average Bonchev–Trinajstić information content (AvgIpc) is 2.71. The maximum absolute atomic E-state index is 13.3. The molecule has 0 saturated carbocycles. The van der Waals surface area contributed by atoms with Gasteiger partial charge < -0.3 is 0 Å². The van der Waals surface area contributed by atoms with E-state index in [0.29, 0.717) is 0 Å². The summed E-state index contributed by atoms with van der Waals surface area (Å²) in [7, 11) is 0. The molecule has 1 atom stereocenters. The van der Waals surface area contributed by atoms with Crippen LogP contribution in [0.3, 0.4) is 0 Å². The number of hydrogen-bond acceptors (Lipinski definition) is 3. The minimum atomic E-state index is -0.236. The summed E-state index contributed by atoms with van der Waals surface area (Å²) >= 11 is 1.63. The summed E-state index contributed by atoms with van der Waals surface area (Å²) in [4.78, 5) is 1.13. The summed E-state index contributed by atoms with van der Waals surface area (Å²) in [5, 5.41) is 2.02. The maximum atomic E-state index is 13.3. The van der Waals surface area contributed by atoms with E-state index in [1.165, 1.54) is 11.6 Å². The highest BCUT2D eigenvalue weighted by molar-refractivity contribution is 7.10. The molecule has 0 aliphatic carbocycles. The smallest absolute Gasteiger partial charge is 0.123 e. The van der Waals surface area contributed by atoms with Gasteiger partial charge in [0, 0.05) is 4.88 Å². The van der Waals surface area contributed by atoms with E-state index >= 15 is 0 Å². The van der Waals surface area contributed by atoms with Gasteiger partial charge in [-0.3, -0.25) is 5.84 Å². The van der Waals surface area contributed by atoms with Crippen LogP contribution in [0.1, 0.15) is 27.6 Å². The Morgan fingerprint density at radius 1 is 1.24 bits per heavy atom. The second-order valence-electron chi connectivity index (χ2n) is 4.07. The van der Waals surface area contributed by atoms with Crippen molar-refractivity contribution in [3.05, 3.63) is 57.0 Å². The van der Waals surface area contributed by atoms with Gasteiger partial charge >= 0.3 is 0 Å². The quantitative estimate of drug-likeness (QED) is 0.649. The molecule has 0 saturated heterocycles. The Morgan fingerprint density at radius 3 is 2.59 bits per heavy atom. The summed E-state index contributed by atoms with van der Waals surface area (Å²) in [6.45, 7) is 3.99. The van der Waals surface area contributed by atoms with Crippen molar-refractivity contribution < 1.29 is 4.39 Å². The van der Waals surface area contributed by atoms with Crippen LogP contribution in [-0.2, 0) is 0 Å². The lowest BCUT2D eigenvalue weighted by Gasteiger charge is -2.18. The van der Waals surface area contributed by atoms with Gasteiger partial charge in [-0.25, -0.2) is 9.82 Å². The first-order valence-electron chi connectivity index (χ1n) is 5.39. The molecule has 17 heavy (non-hydrogen) atoms. The van der Waals surface area contributed by atoms with E-state index in [2.05, 4.69) is 5.43 Å². The third-order valence-corrected chi connectivity index (χ3v) is 3.97. The zero-order valence-corrected chi connectivity index (χ0v) is 10.6. The van der Waals surface area contributed by atoms with E-state index in [9.17, 15) is 4.39 Å². The second kappa shape index (κ2) is 4.96. The Labute approximate surface area is 104 Å². The normalized spacial score (nSPS) is 12.7. The van der Waals surface area contributed by atoms with Crippen LogP contribution in [0.4, 0.5) is 4.39 Å². The van der Waals surface area contributed by atoms with E-state index in [4.69, 9.17) is 5.84 Å². The fourth-order valence-corrected chi connectivity index (χ4v) is 2.91. The van der Waals surface area contributed by atoms with Crippen molar-refractivity contribution in [2.75, 3.05) is 0 Å². The van der Waals surface area contributed by atoms with Crippen molar-refractivity contribution in [1.29, 1.82) is 0 Å². The van der Waals surface area contributed by atoms with Gasteiger partial charge in [-0.2, -0.15) is 0 Å².